The van der Waals surface area contributed by atoms with Crippen molar-refractivity contribution >= 4 is 11.9 Å². The number of ether oxygens (including phenoxy) is 4. The van der Waals surface area contributed by atoms with Crippen molar-refractivity contribution in [1.82, 2.24) is 0 Å². The van der Waals surface area contributed by atoms with Gasteiger partial charge in [-0.15, -0.1) is 0 Å². The van der Waals surface area contributed by atoms with Crippen LogP contribution in [0.2, 0.25) is 0 Å². The highest BCUT2D eigenvalue weighted by Gasteiger charge is 2.49. The Morgan fingerprint density at radius 3 is 1.98 bits per heavy atom. The summed E-state index contributed by atoms with van der Waals surface area (Å²) in [6.45, 7) is 2.74. The molecule has 15 heteroatoms. The zero-order valence-corrected chi connectivity index (χ0v) is 24.2. The third kappa shape index (κ3) is 5.92. The van der Waals surface area contributed by atoms with Crippen molar-refractivity contribution in [2.24, 2.45) is 5.92 Å². The number of phenolic OH excluding ortho intramolecular Hbond substituents is 6. The number of phenols is 6. The Morgan fingerprint density at radius 1 is 0.867 bits per heavy atom. The van der Waals surface area contributed by atoms with Crippen LogP contribution in [0.5, 0.6) is 34.5 Å². The predicted molar refractivity (Wildman–Crippen MR) is 150 cm³/mol. The SMILES string of the molecule is CC(C)(O)C1CC=C(COC2OC3COC(=O)c4cc(O)c(O)c(O)c4-c4c(cc(O)c(O)c4O)C(=O)OC3C(O)C2O)CC1. The van der Waals surface area contributed by atoms with Gasteiger partial charge in [0, 0.05) is 11.1 Å². The first-order valence-corrected chi connectivity index (χ1v) is 14.1. The molecule has 3 aliphatic rings. The second-order valence-electron chi connectivity index (χ2n) is 11.8. The molecule has 5 rings (SSSR count). The minimum absolute atomic E-state index is 0.00513. The van der Waals surface area contributed by atoms with Crippen molar-refractivity contribution in [3.63, 3.8) is 0 Å². The number of rotatable bonds is 4. The summed E-state index contributed by atoms with van der Waals surface area (Å²) in [5.41, 5.74) is -3.00. The Kier molecular flexibility index (Phi) is 8.50. The predicted octanol–water partition coefficient (Wildman–Crippen LogP) is 1.24. The summed E-state index contributed by atoms with van der Waals surface area (Å²) in [5, 5.41) is 94.2. The van der Waals surface area contributed by atoms with Crippen molar-refractivity contribution in [1.29, 1.82) is 0 Å². The van der Waals surface area contributed by atoms with Crippen molar-refractivity contribution in [2.45, 2.75) is 69.4 Å². The summed E-state index contributed by atoms with van der Waals surface area (Å²) >= 11 is 0. The molecule has 0 spiro atoms. The molecule has 2 heterocycles. The van der Waals surface area contributed by atoms with E-state index in [2.05, 4.69) is 0 Å². The molecule has 2 aliphatic heterocycles. The molecule has 9 N–H and O–H groups in total. The number of allylic oxidation sites excluding steroid dienone is 1. The van der Waals surface area contributed by atoms with Gasteiger partial charge in [0.25, 0.3) is 0 Å². The highest BCUT2D eigenvalue weighted by molar-refractivity contribution is 6.08. The molecule has 15 nitrogen and oxygen atoms in total. The second-order valence-corrected chi connectivity index (χ2v) is 11.8. The number of cyclic esters (lactones) is 1. The third-order valence-corrected chi connectivity index (χ3v) is 8.40. The van der Waals surface area contributed by atoms with Crippen LogP contribution >= 0.6 is 0 Å². The molecule has 45 heavy (non-hydrogen) atoms. The molecule has 6 unspecified atom stereocenters. The maximum atomic E-state index is 13.5. The van der Waals surface area contributed by atoms with Crippen LogP contribution in [0.15, 0.2) is 23.8 Å². The van der Waals surface area contributed by atoms with Crippen molar-refractivity contribution in [2.75, 3.05) is 13.2 Å². The van der Waals surface area contributed by atoms with E-state index in [1.54, 1.807) is 13.8 Å². The fraction of sp³-hybridized carbons (Fsp3) is 0.467. The van der Waals surface area contributed by atoms with Crippen molar-refractivity contribution < 1.29 is 74.5 Å². The number of esters is 2. The number of carbonyl (C=O) groups excluding carboxylic acids is 2. The standard InChI is InChI=1S/C30H34O15/c1-30(2,41)12-5-3-11(4-6-12)9-43-29-25(38)24(37)26-17(44-29)10-42-27(39)13-7-15(31)20(33)22(35)18(13)19-14(28(40)45-26)8-16(32)21(34)23(19)36/h3,7-8,12,17,24-26,29,31-38,41H,4-6,9-10H2,1-2H3. The second kappa shape index (κ2) is 11.9. The summed E-state index contributed by atoms with van der Waals surface area (Å²) in [6.07, 6.45) is -4.49. The molecule has 1 saturated heterocycles. The van der Waals surface area contributed by atoms with Crippen LogP contribution < -0.4 is 0 Å². The largest absolute Gasteiger partial charge is 0.504 e. The summed E-state index contributed by atoms with van der Waals surface area (Å²) in [5.74, 6) is -9.34. The zero-order chi connectivity index (χ0) is 33.0. The van der Waals surface area contributed by atoms with Gasteiger partial charge in [-0.3, -0.25) is 0 Å². The lowest BCUT2D eigenvalue weighted by Crippen LogP contribution is -2.60. The van der Waals surface area contributed by atoms with E-state index >= 15 is 0 Å². The van der Waals surface area contributed by atoms with E-state index in [0.29, 0.717) is 31.4 Å². The Labute approximate surface area is 255 Å². The van der Waals surface area contributed by atoms with E-state index in [0.717, 1.165) is 5.57 Å². The Morgan fingerprint density at radius 2 is 1.44 bits per heavy atom. The van der Waals surface area contributed by atoms with E-state index in [4.69, 9.17) is 18.9 Å². The van der Waals surface area contributed by atoms with Gasteiger partial charge < -0.3 is 64.9 Å². The minimum Gasteiger partial charge on any atom is -0.504 e. The molecular weight excluding hydrogens is 600 g/mol. The fourth-order valence-electron chi connectivity index (χ4n) is 5.71. The lowest BCUT2D eigenvalue weighted by Gasteiger charge is -2.41. The first-order valence-electron chi connectivity index (χ1n) is 14.1. The topological polar surface area (TPSA) is 253 Å². The molecule has 0 aromatic heterocycles. The maximum absolute atomic E-state index is 13.5. The van der Waals surface area contributed by atoms with Gasteiger partial charge in [-0.2, -0.15) is 0 Å². The first-order chi connectivity index (χ1) is 21.1. The quantitative estimate of drug-likeness (QED) is 0.130. The monoisotopic (exact) mass is 634 g/mol. The van der Waals surface area contributed by atoms with Gasteiger partial charge in [0.1, 0.15) is 24.9 Å². The Bertz CT molecular complexity index is 1540. The van der Waals surface area contributed by atoms with Crippen LogP contribution in [-0.4, -0.2) is 107 Å². The highest BCUT2D eigenvalue weighted by atomic mass is 16.7. The fourth-order valence-corrected chi connectivity index (χ4v) is 5.71. The number of fused-ring (bicyclic) bond motifs is 4. The number of carbonyl (C=O) groups is 2. The molecule has 2 aromatic carbocycles. The van der Waals surface area contributed by atoms with Gasteiger partial charge in [0.2, 0.25) is 11.5 Å². The smallest absolute Gasteiger partial charge is 0.339 e. The average molecular weight is 635 g/mol. The van der Waals surface area contributed by atoms with Crippen LogP contribution in [-0.2, 0) is 18.9 Å². The van der Waals surface area contributed by atoms with Crippen molar-refractivity contribution in [3.05, 3.63) is 34.9 Å². The molecule has 1 fully saturated rings. The normalized spacial score (nSPS) is 27.2. The van der Waals surface area contributed by atoms with Crippen LogP contribution in [0.4, 0.5) is 0 Å². The molecule has 0 bridgehead atoms. The van der Waals surface area contributed by atoms with E-state index < -0.39 is 112 Å². The summed E-state index contributed by atoms with van der Waals surface area (Å²) in [4.78, 5) is 26.7. The molecule has 2 aromatic rings. The lowest BCUT2D eigenvalue weighted by atomic mass is 9.80. The number of benzene rings is 2. The van der Waals surface area contributed by atoms with Gasteiger partial charge in [-0.05, 0) is 56.7 Å². The summed E-state index contributed by atoms with van der Waals surface area (Å²) < 4.78 is 22.3. The number of hydrogen-bond donors (Lipinski definition) is 9. The molecule has 6 atom stereocenters. The molecular formula is C30H34O15. The summed E-state index contributed by atoms with van der Waals surface area (Å²) in [6, 6.07) is 1.31. The maximum Gasteiger partial charge on any atom is 0.339 e. The molecule has 244 valence electrons. The van der Waals surface area contributed by atoms with Gasteiger partial charge in [0.15, 0.2) is 35.4 Å². The number of aliphatic hydroxyl groups is 3. The number of hydrogen-bond acceptors (Lipinski definition) is 15. The Balaban J connectivity index is 1.48. The Hall–Kier alpha value is -4.28. The molecule has 1 aliphatic carbocycles. The third-order valence-electron chi connectivity index (χ3n) is 8.40. The molecule has 0 amide bonds. The van der Waals surface area contributed by atoms with Crippen LogP contribution in [0.3, 0.4) is 0 Å². The summed E-state index contributed by atoms with van der Waals surface area (Å²) in [7, 11) is 0. The van der Waals surface area contributed by atoms with E-state index in [1.807, 2.05) is 6.08 Å². The first kappa shape index (κ1) is 32.1. The average Bonchev–Trinajstić information content (AvgIpc) is 3.00. The lowest BCUT2D eigenvalue weighted by molar-refractivity contribution is -0.298. The van der Waals surface area contributed by atoms with Crippen LogP contribution in [0, 0.1) is 5.92 Å². The minimum atomic E-state index is -1.87. The van der Waals surface area contributed by atoms with Gasteiger partial charge in [0.05, 0.1) is 23.3 Å². The van der Waals surface area contributed by atoms with Gasteiger partial charge in [-0.1, -0.05) is 6.08 Å². The number of aromatic hydroxyl groups is 6. The van der Waals surface area contributed by atoms with E-state index in [9.17, 15) is 55.5 Å². The van der Waals surface area contributed by atoms with Gasteiger partial charge in [-0.25, -0.2) is 9.59 Å². The van der Waals surface area contributed by atoms with Crippen LogP contribution in [0.1, 0.15) is 53.8 Å². The molecule has 0 saturated carbocycles. The highest BCUT2D eigenvalue weighted by Crippen LogP contribution is 2.53. The van der Waals surface area contributed by atoms with E-state index in [-0.39, 0.29) is 12.5 Å². The zero-order valence-electron chi connectivity index (χ0n) is 24.2. The molecule has 0 radical (unpaired) electrons. The number of aliphatic hydroxyl groups excluding tert-OH is 2. The van der Waals surface area contributed by atoms with E-state index in [1.165, 1.54) is 0 Å². The van der Waals surface area contributed by atoms with Gasteiger partial charge >= 0.3 is 11.9 Å². The van der Waals surface area contributed by atoms with Crippen molar-refractivity contribution in [3.8, 4) is 45.6 Å². The van der Waals surface area contributed by atoms with Crippen LogP contribution in [0.25, 0.3) is 11.1 Å².